The number of amides is 2. The fourth-order valence-corrected chi connectivity index (χ4v) is 7.94. The third-order valence-electron chi connectivity index (χ3n) is 8.36. The number of thiazole rings is 1. The number of fused-ring (bicyclic) bond motifs is 1. The Bertz CT molecular complexity index is 1830. The number of ether oxygens (including phenoxy) is 3. The third-order valence-corrected chi connectivity index (χ3v) is 10.6. The normalized spacial score (nSPS) is 19.0. The second kappa shape index (κ2) is 16.4. The van der Waals surface area contributed by atoms with E-state index in [1.165, 1.54) is 4.70 Å². The number of aromatic nitrogens is 1. The smallest absolute Gasteiger partial charge is 0.325 e. The second-order valence-corrected chi connectivity index (χ2v) is 14.0. The first-order chi connectivity index (χ1) is 23.9. The highest BCUT2D eigenvalue weighted by atomic mass is 32.2. The average Bonchev–Trinajstić information content (AvgIpc) is 3.56. The number of urea groups is 1. The summed E-state index contributed by atoms with van der Waals surface area (Å²) < 4.78 is 20.3. The van der Waals surface area contributed by atoms with Crippen LogP contribution in [0.1, 0.15) is 48.5 Å². The van der Waals surface area contributed by atoms with Gasteiger partial charge in [-0.3, -0.25) is 4.79 Å². The highest BCUT2D eigenvalue weighted by molar-refractivity contribution is 8.01. The highest BCUT2D eigenvalue weighted by Crippen LogP contribution is 2.43. The number of thioether (sulfide) groups is 1. The monoisotopic (exact) mass is 697 g/mol. The van der Waals surface area contributed by atoms with Gasteiger partial charge < -0.3 is 30.0 Å². The minimum absolute atomic E-state index is 0.00719. The quantitative estimate of drug-likeness (QED) is 0.0912. The Morgan fingerprint density at radius 2 is 1.67 bits per heavy atom. The summed E-state index contributed by atoms with van der Waals surface area (Å²) >= 11 is 3.41. The number of hydrogen-bond donors (Lipinski definition) is 3. The van der Waals surface area contributed by atoms with Crippen molar-refractivity contribution >= 4 is 45.3 Å². The molecule has 9 nitrogen and oxygen atoms in total. The van der Waals surface area contributed by atoms with Crippen molar-refractivity contribution in [2.75, 3.05) is 18.9 Å². The summed E-state index contributed by atoms with van der Waals surface area (Å²) in [6.07, 6.45) is -0.875. The first-order valence-corrected chi connectivity index (χ1v) is 18.1. The number of hydrogen-bond acceptors (Lipinski definition) is 9. The lowest BCUT2D eigenvalue weighted by atomic mass is 9.91. The van der Waals surface area contributed by atoms with Crippen LogP contribution in [0.25, 0.3) is 21.3 Å². The second-order valence-electron chi connectivity index (χ2n) is 11.7. The molecule has 2 heterocycles. The van der Waals surface area contributed by atoms with Gasteiger partial charge in [-0.25, -0.2) is 9.78 Å². The molecule has 254 valence electrons. The van der Waals surface area contributed by atoms with E-state index in [9.17, 15) is 14.7 Å². The number of carbonyl (C=O) groups is 2. The van der Waals surface area contributed by atoms with Gasteiger partial charge >= 0.3 is 12.0 Å². The molecule has 5 aromatic rings. The number of esters is 1. The van der Waals surface area contributed by atoms with Crippen molar-refractivity contribution in [3.05, 3.63) is 119 Å². The summed E-state index contributed by atoms with van der Waals surface area (Å²) in [5.74, 6) is 0.319. The zero-order chi connectivity index (χ0) is 34.2. The fraction of sp³-hybridized carbons (Fsp3) is 0.289. The molecule has 4 aromatic carbocycles. The Morgan fingerprint density at radius 3 is 2.43 bits per heavy atom. The minimum Gasteiger partial charge on any atom is -0.465 e. The van der Waals surface area contributed by atoms with Gasteiger partial charge in [0.1, 0.15) is 6.54 Å². The zero-order valence-electron chi connectivity index (χ0n) is 27.3. The van der Waals surface area contributed by atoms with Gasteiger partial charge in [-0.1, -0.05) is 97.5 Å². The van der Waals surface area contributed by atoms with Gasteiger partial charge in [0.15, 0.2) is 10.6 Å². The van der Waals surface area contributed by atoms with Crippen molar-refractivity contribution in [3.63, 3.8) is 0 Å². The zero-order valence-corrected chi connectivity index (χ0v) is 29.0. The molecular weight excluding hydrogens is 659 g/mol. The lowest BCUT2D eigenvalue weighted by Gasteiger charge is -2.41. The number of nitrogens with one attached hydrogen (secondary N) is 2. The lowest BCUT2D eigenvalue weighted by molar-refractivity contribution is -0.268. The van der Waals surface area contributed by atoms with Crippen molar-refractivity contribution < 1.29 is 28.9 Å². The van der Waals surface area contributed by atoms with Crippen molar-refractivity contribution in [3.8, 4) is 11.1 Å². The van der Waals surface area contributed by atoms with Crippen LogP contribution < -0.4 is 10.6 Å². The van der Waals surface area contributed by atoms with E-state index in [1.807, 2.05) is 78.9 Å². The summed E-state index contributed by atoms with van der Waals surface area (Å²) in [6.45, 7) is 4.27. The largest absolute Gasteiger partial charge is 0.465 e. The molecule has 1 saturated heterocycles. The van der Waals surface area contributed by atoms with E-state index in [0.29, 0.717) is 6.54 Å². The van der Waals surface area contributed by atoms with E-state index < -0.39 is 18.3 Å². The molecule has 4 unspecified atom stereocenters. The predicted molar refractivity (Wildman–Crippen MR) is 192 cm³/mol. The van der Waals surface area contributed by atoms with Gasteiger partial charge in [0, 0.05) is 23.8 Å². The van der Waals surface area contributed by atoms with E-state index in [4.69, 9.17) is 19.2 Å². The Morgan fingerprint density at radius 1 is 0.898 bits per heavy atom. The van der Waals surface area contributed by atoms with Crippen LogP contribution in [0.4, 0.5) is 4.79 Å². The van der Waals surface area contributed by atoms with E-state index >= 15 is 0 Å². The Kier molecular flexibility index (Phi) is 11.6. The fourth-order valence-electron chi connectivity index (χ4n) is 5.68. The summed E-state index contributed by atoms with van der Waals surface area (Å²) in [5.41, 5.74) is 6.77. The Hall–Kier alpha value is -4.26. The Balaban J connectivity index is 1.15. The first kappa shape index (κ1) is 34.6. The maximum Gasteiger partial charge on any atom is 0.325 e. The molecule has 11 heteroatoms. The minimum atomic E-state index is -0.572. The van der Waals surface area contributed by atoms with Crippen LogP contribution in [-0.2, 0) is 32.2 Å². The van der Waals surface area contributed by atoms with Gasteiger partial charge in [-0.05, 0) is 52.9 Å². The van der Waals surface area contributed by atoms with E-state index in [-0.39, 0.29) is 37.9 Å². The van der Waals surface area contributed by atoms with E-state index in [2.05, 4.69) is 35.8 Å². The molecule has 4 atom stereocenters. The molecule has 1 aliphatic heterocycles. The molecule has 1 fully saturated rings. The van der Waals surface area contributed by atoms with Crippen molar-refractivity contribution in [2.45, 2.75) is 49.8 Å². The molecule has 1 aromatic heterocycles. The molecule has 2 amide bonds. The van der Waals surface area contributed by atoms with Crippen molar-refractivity contribution in [2.24, 2.45) is 5.92 Å². The van der Waals surface area contributed by atoms with Crippen LogP contribution in [0.5, 0.6) is 0 Å². The number of aliphatic hydroxyl groups excluding tert-OH is 1. The molecule has 1 aliphatic rings. The first-order valence-electron chi connectivity index (χ1n) is 16.3. The predicted octanol–water partition coefficient (Wildman–Crippen LogP) is 7.40. The number of rotatable bonds is 12. The van der Waals surface area contributed by atoms with E-state index in [0.717, 1.165) is 49.0 Å². The summed E-state index contributed by atoms with van der Waals surface area (Å²) in [5, 5.41) is 14.9. The number of nitrogens with zero attached hydrogens (tertiary/aromatic N) is 1. The van der Waals surface area contributed by atoms with Gasteiger partial charge in [0.05, 0.1) is 35.6 Å². The topological polar surface area (TPSA) is 119 Å². The SMILES string of the molecule is CCOC(=O)CNC(=O)NCc1cccc(-c2ccc(C3OC(CSc4nc5ccccc5s4)C(C)C(c4ccc(CO)cc4)O3)cc2)c1. The Labute approximate surface area is 294 Å². The van der Waals surface area contributed by atoms with Gasteiger partial charge in [0.2, 0.25) is 0 Å². The number of para-hydroxylation sites is 1. The van der Waals surface area contributed by atoms with Crippen LogP contribution in [0.3, 0.4) is 0 Å². The number of benzene rings is 4. The van der Waals surface area contributed by atoms with Gasteiger partial charge in [-0.2, -0.15) is 0 Å². The molecule has 0 spiro atoms. The average molecular weight is 698 g/mol. The van der Waals surface area contributed by atoms with Crippen LogP contribution >= 0.6 is 23.1 Å². The van der Waals surface area contributed by atoms with Crippen molar-refractivity contribution in [1.29, 1.82) is 0 Å². The maximum atomic E-state index is 12.1. The molecule has 0 saturated carbocycles. The summed E-state index contributed by atoms with van der Waals surface area (Å²) in [6, 6.07) is 31.8. The number of carbonyl (C=O) groups excluding carboxylic acids is 2. The summed E-state index contributed by atoms with van der Waals surface area (Å²) in [4.78, 5) is 28.4. The molecule has 0 radical (unpaired) electrons. The van der Waals surface area contributed by atoms with E-state index in [1.54, 1.807) is 30.0 Å². The molecule has 6 rings (SSSR count). The summed E-state index contributed by atoms with van der Waals surface area (Å²) in [7, 11) is 0. The molecular formula is C38H39N3O6S2. The molecule has 0 bridgehead atoms. The highest BCUT2D eigenvalue weighted by Gasteiger charge is 2.38. The van der Waals surface area contributed by atoms with Gasteiger partial charge in [0.25, 0.3) is 0 Å². The lowest BCUT2D eigenvalue weighted by Crippen LogP contribution is -2.38. The van der Waals surface area contributed by atoms with Gasteiger partial charge in [-0.15, -0.1) is 11.3 Å². The molecule has 3 N–H and O–H groups in total. The third kappa shape index (κ3) is 8.86. The van der Waals surface area contributed by atoms with Crippen molar-refractivity contribution in [1.82, 2.24) is 15.6 Å². The molecule has 0 aliphatic carbocycles. The van der Waals surface area contributed by atoms with Crippen LogP contribution in [0, 0.1) is 5.92 Å². The number of aliphatic hydroxyl groups is 1. The van der Waals surface area contributed by atoms with Crippen LogP contribution in [-0.4, -0.2) is 47.1 Å². The van der Waals surface area contributed by atoms with Crippen LogP contribution in [0.15, 0.2) is 101 Å². The standard InChI is InChI=1S/C38H39N3O6S2/c1-3-45-34(43)21-40-37(44)39-20-26-7-6-8-30(19-26)27-15-17-29(18-16-27)36-46-32(23-48-38-41-31-9-4-5-10-33(31)49-38)24(2)35(47-36)28-13-11-25(22-42)12-14-28/h4-19,24,32,35-36,42H,3,20-23H2,1-2H3,(H2,39,40,44). The molecule has 49 heavy (non-hydrogen) atoms. The van der Waals surface area contributed by atoms with Crippen LogP contribution in [0.2, 0.25) is 0 Å². The maximum absolute atomic E-state index is 12.1.